The summed E-state index contributed by atoms with van der Waals surface area (Å²) >= 11 is 6.59. The van der Waals surface area contributed by atoms with Gasteiger partial charge in [-0.05, 0) is 75.8 Å². The first-order valence-electron chi connectivity index (χ1n) is 13.6. The van der Waals surface area contributed by atoms with Crippen LogP contribution in [0, 0.1) is 5.92 Å². The van der Waals surface area contributed by atoms with E-state index in [1.165, 1.54) is 24.9 Å². The number of hydrogen-bond donors (Lipinski definition) is 2. The van der Waals surface area contributed by atoms with Crippen LogP contribution in [0.1, 0.15) is 46.0 Å². The van der Waals surface area contributed by atoms with Crippen molar-refractivity contribution in [3.63, 3.8) is 0 Å². The number of hydrogen-bond acceptors (Lipinski definition) is 6. The molecule has 2 aliphatic heterocycles. The van der Waals surface area contributed by atoms with Crippen molar-refractivity contribution in [1.29, 1.82) is 0 Å². The Balaban J connectivity index is 1.26. The minimum absolute atomic E-state index is 0.408. The summed E-state index contributed by atoms with van der Waals surface area (Å²) in [5.41, 5.74) is 4.83. The number of ether oxygens (including phenoxy) is 1. The molecule has 5 rings (SSSR count). The quantitative estimate of drug-likeness (QED) is 0.354. The van der Waals surface area contributed by atoms with Gasteiger partial charge >= 0.3 is 0 Å². The van der Waals surface area contributed by atoms with Crippen LogP contribution in [0.15, 0.2) is 30.5 Å². The van der Waals surface area contributed by atoms with E-state index in [1.807, 2.05) is 0 Å². The molecule has 0 aliphatic carbocycles. The molecule has 2 N–H and O–H groups in total. The van der Waals surface area contributed by atoms with E-state index in [0.29, 0.717) is 16.7 Å². The molecule has 4 heterocycles. The Labute approximate surface area is 219 Å². The number of piperidine rings is 2. The molecule has 36 heavy (non-hydrogen) atoms. The number of imidazole rings is 1. The first kappa shape index (κ1) is 25.3. The fraction of sp³-hybridized carbons (Fsp3) is 0.571. The number of nitrogens with one attached hydrogen (secondary N) is 2. The standard InChI is InChI=1S/C28H39ClN6O/c1-3-34-14-11-22(12-15-34)31-25-24(29)19-30-28-26(25)32-27(33-28)21-5-7-23(8-6-21)35-16-9-20(10-17-35)13-18-36-4-2/h5-8,19-20,22H,3-4,9-18H2,1-2H3,(H2,30,31,32,33). The number of aromatic nitrogens is 3. The SMILES string of the molecule is CCOCCC1CCN(c2ccc(-c3nc4ncc(Cl)c(NC5CCN(CC)CC5)c4[nH]3)cc2)CC1. The zero-order chi connectivity index (χ0) is 24.9. The first-order valence-corrected chi connectivity index (χ1v) is 14.0. The second kappa shape index (κ2) is 11.8. The Morgan fingerprint density at radius 3 is 2.50 bits per heavy atom. The Kier molecular flexibility index (Phi) is 8.29. The number of anilines is 2. The van der Waals surface area contributed by atoms with Gasteiger partial charge in [0, 0.05) is 56.7 Å². The van der Waals surface area contributed by atoms with Crippen LogP contribution >= 0.6 is 11.6 Å². The van der Waals surface area contributed by atoms with E-state index in [1.54, 1.807) is 6.20 Å². The van der Waals surface area contributed by atoms with Gasteiger partial charge in [-0.25, -0.2) is 9.97 Å². The maximum atomic E-state index is 6.59. The Hall–Kier alpha value is -2.35. The van der Waals surface area contributed by atoms with Crippen LogP contribution in [-0.4, -0.2) is 71.8 Å². The van der Waals surface area contributed by atoms with Gasteiger partial charge in [0.15, 0.2) is 5.65 Å². The Bertz CT molecular complexity index is 1120. The smallest absolute Gasteiger partial charge is 0.180 e. The van der Waals surface area contributed by atoms with Crippen molar-refractivity contribution >= 4 is 34.1 Å². The summed E-state index contributed by atoms with van der Waals surface area (Å²) in [4.78, 5) is 17.8. The van der Waals surface area contributed by atoms with Crippen molar-refractivity contribution in [3.05, 3.63) is 35.5 Å². The molecular weight excluding hydrogens is 472 g/mol. The summed E-state index contributed by atoms with van der Waals surface area (Å²) in [6, 6.07) is 9.14. The lowest BCUT2D eigenvalue weighted by atomic mass is 9.93. The molecule has 0 unspecified atom stereocenters. The summed E-state index contributed by atoms with van der Waals surface area (Å²) < 4.78 is 5.54. The fourth-order valence-corrected chi connectivity index (χ4v) is 5.71. The molecular formula is C28H39ClN6O. The molecule has 1 aromatic carbocycles. The molecule has 0 saturated carbocycles. The van der Waals surface area contributed by atoms with Crippen molar-refractivity contribution in [3.8, 4) is 11.4 Å². The van der Waals surface area contributed by atoms with Crippen LogP contribution in [0.25, 0.3) is 22.6 Å². The van der Waals surface area contributed by atoms with Gasteiger partial charge < -0.3 is 24.8 Å². The molecule has 0 atom stereocenters. The van der Waals surface area contributed by atoms with Gasteiger partial charge in [-0.2, -0.15) is 0 Å². The highest BCUT2D eigenvalue weighted by atomic mass is 35.5. The van der Waals surface area contributed by atoms with Crippen molar-refractivity contribution in [2.75, 3.05) is 56.2 Å². The van der Waals surface area contributed by atoms with E-state index < -0.39 is 0 Å². The summed E-state index contributed by atoms with van der Waals surface area (Å²) in [7, 11) is 0. The van der Waals surface area contributed by atoms with Crippen LogP contribution in [0.2, 0.25) is 5.02 Å². The lowest BCUT2D eigenvalue weighted by molar-refractivity contribution is 0.127. The third-order valence-electron chi connectivity index (χ3n) is 7.85. The highest BCUT2D eigenvalue weighted by Gasteiger charge is 2.22. The first-order chi connectivity index (χ1) is 17.6. The molecule has 2 aromatic heterocycles. The molecule has 0 amide bonds. The van der Waals surface area contributed by atoms with Gasteiger partial charge in [-0.1, -0.05) is 18.5 Å². The van der Waals surface area contributed by atoms with Crippen molar-refractivity contribution < 1.29 is 4.74 Å². The number of pyridine rings is 1. The van der Waals surface area contributed by atoms with Gasteiger partial charge in [0.25, 0.3) is 0 Å². The molecule has 3 aromatic rings. The molecule has 8 heteroatoms. The predicted molar refractivity (Wildman–Crippen MR) is 149 cm³/mol. The molecule has 0 radical (unpaired) electrons. The summed E-state index contributed by atoms with van der Waals surface area (Å²) in [6.07, 6.45) is 7.58. The molecule has 194 valence electrons. The number of fused-ring (bicyclic) bond motifs is 1. The monoisotopic (exact) mass is 510 g/mol. The lowest BCUT2D eigenvalue weighted by Crippen LogP contribution is -2.38. The fourth-order valence-electron chi connectivity index (χ4n) is 5.51. The van der Waals surface area contributed by atoms with Crippen LogP contribution in [0.3, 0.4) is 0 Å². The maximum Gasteiger partial charge on any atom is 0.180 e. The van der Waals surface area contributed by atoms with E-state index in [0.717, 1.165) is 87.3 Å². The van der Waals surface area contributed by atoms with E-state index in [4.69, 9.17) is 21.3 Å². The van der Waals surface area contributed by atoms with Crippen LogP contribution in [0.5, 0.6) is 0 Å². The van der Waals surface area contributed by atoms with E-state index in [-0.39, 0.29) is 0 Å². The van der Waals surface area contributed by atoms with Gasteiger partial charge in [0.05, 0.1) is 16.9 Å². The molecule has 2 aliphatic rings. The largest absolute Gasteiger partial charge is 0.382 e. The third-order valence-corrected chi connectivity index (χ3v) is 8.14. The van der Waals surface area contributed by atoms with E-state index in [2.05, 4.69) is 63.2 Å². The van der Waals surface area contributed by atoms with E-state index in [9.17, 15) is 0 Å². The zero-order valence-corrected chi connectivity index (χ0v) is 22.4. The topological polar surface area (TPSA) is 69.3 Å². The second-order valence-electron chi connectivity index (χ2n) is 10.1. The second-order valence-corrected chi connectivity index (χ2v) is 10.5. The Morgan fingerprint density at radius 1 is 1.06 bits per heavy atom. The number of halogens is 1. The minimum atomic E-state index is 0.408. The third kappa shape index (κ3) is 5.79. The molecule has 7 nitrogen and oxygen atoms in total. The number of nitrogens with zero attached hydrogens (tertiary/aromatic N) is 4. The van der Waals surface area contributed by atoms with E-state index >= 15 is 0 Å². The number of H-pyrrole nitrogens is 1. The van der Waals surface area contributed by atoms with Crippen molar-refractivity contribution in [1.82, 2.24) is 19.9 Å². The summed E-state index contributed by atoms with van der Waals surface area (Å²) in [5, 5.41) is 4.32. The molecule has 2 saturated heterocycles. The van der Waals surface area contributed by atoms with Gasteiger partial charge in [-0.15, -0.1) is 0 Å². The average molecular weight is 511 g/mol. The van der Waals surface area contributed by atoms with Crippen molar-refractivity contribution in [2.24, 2.45) is 5.92 Å². The minimum Gasteiger partial charge on any atom is -0.382 e. The van der Waals surface area contributed by atoms with Crippen LogP contribution < -0.4 is 10.2 Å². The lowest BCUT2D eigenvalue weighted by Gasteiger charge is -2.33. The zero-order valence-electron chi connectivity index (χ0n) is 21.6. The molecule has 2 fully saturated rings. The van der Waals surface area contributed by atoms with Crippen molar-refractivity contribution in [2.45, 2.75) is 52.0 Å². The number of benzene rings is 1. The normalized spacial score (nSPS) is 18.2. The molecule has 0 spiro atoms. The van der Waals surface area contributed by atoms with Crippen LogP contribution in [0.4, 0.5) is 11.4 Å². The summed E-state index contributed by atoms with van der Waals surface area (Å²) in [6.45, 7) is 11.6. The maximum absolute atomic E-state index is 6.59. The number of likely N-dealkylation sites (tertiary alicyclic amines) is 1. The molecule has 0 bridgehead atoms. The number of rotatable bonds is 9. The summed E-state index contributed by atoms with van der Waals surface area (Å²) in [5.74, 6) is 1.61. The average Bonchev–Trinajstić information content (AvgIpc) is 3.36. The van der Waals surface area contributed by atoms with Crippen LogP contribution in [-0.2, 0) is 4.74 Å². The highest BCUT2D eigenvalue weighted by Crippen LogP contribution is 2.33. The number of aromatic amines is 1. The van der Waals surface area contributed by atoms with Gasteiger partial charge in [-0.3, -0.25) is 0 Å². The van der Waals surface area contributed by atoms with Gasteiger partial charge in [0.1, 0.15) is 11.3 Å². The Morgan fingerprint density at radius 2 is 1.81 bits per heavy atom. The van der Waals surface area contributed by atoms with Gasteiger partial charge in [0.2, 0.25) is 0 Å². The predicted octanol–water partition coefficient (Wildman–Crippen LogP) is 5.82. The highest BCUT2D eigenvalue weighted by molar-refractivity contribution is 6.34.